The molecule has 2 rings (SSSR count). The van der Waals surface area contributed by atoms with Gasteiger partial charge in [0.15, 0.2) is 0 Å². The number of alkyl halides is 3. The molecule has 0 amide bonds. The minimum atomic E-state index is -4.40. The first-order chi connectivity index (χ1) is 9.70. The van der Waals surface area contributed by atoms with Gasteiger partial charge in [-0.15, -0.1) is 0 Å². The van der Waals surface area contributed by atoms with Crippen molar-refractivity contribution in [2.75, 3.05) is 0 Å². The summed E-state index contributed by atoms with van der Waals surface area (Å²) in [6.45, 7) is 1.77. The van der Waals surface area contributed by atoms with Crippen molar-refractivity contribution in [3.05, 3.63) is 46.0 Å². The molecule has 2 aromatic heterocycles. The van der Waals surface area contributed by atoms with Crippen molar-refractivity contribution in [2.24, 2.45) is 12.8 Å². The van der Waals surface area contributed by atoms with Crippen LogP contribution in [0.15, 0.2) is 18.3 Å². The second kappa shape index (κ2) is 5.65. The summed E-state index contributed by atoms with van der Waals surface area (Å²) in [5.41, 5.74) is 6.97. The van der Waals surface area contributed by atoms with Crippen LogP contribution in [0.1, 0.15) is 28.7 Å². The van der Waals surface area contributed by atoms with E-state index in [0.29, 0.717) is 22.8 Å². The maximum atomic E-state index is 12.5. The number of halogens is 4. The minimum Gasteiger partial charge on any atom is -0.322 e. The zero-order chi connectivity index (χ0) is 15.8. The number of hydrogen-bond donors (Lipinski definition) is 1. The maximum Gasteiger partial charge on any atom is 0.417 e. The maximum absolute atomic E-state index is 12.5. The van der Waals surface area contributed by atoms with E-state index in [4.69, 9.17) is 17.3 Å². The van der Waals surface area contributed by atoms with E-state index in [1.165, 1.54) is 6.07 Å². The van der Waals surface area contributed by atoms with Crippen LogP contribution in [0.5, 0.6) is 0 Å². The second-order valence-electron chi connectivity index (χ2n) is 4.75. The Labute approximate surface area is 124 Å². The number of nitrogens with two attached hydrogens (primary N) is 1. The molecule has 4 nitrogen and oxygen atoms in total. The Hall–Kier alpha value is -1.60. The highest BCUT2D eigenvalue weighted by atomic mass is 35.5. The molecule has 0 bridgehead atoms. The van der Waals surface area contributed by atoms with Gasteiger partial charge in [0, 0.05) is 19.7 Å². The van der Waals surface area contributed by atoms with Crippen molar-refractivity contribution in [2.45, 2.75) is 25.6 Å². The Bertz CT molecular complexity index is 634. The molecule has 0 saturated heterocycles. The van der Waals surface area contributed by atoms with Gasteiger partial charge in [-0.25, -0.2) is 0 Å². The largest absolute Gasteiger partial charge is 0.417 e. The monoisotopic (exact) mass is 318 g/mol. The Morgan fingerprint density at radius 3 is 2.48 bits per heavy atom. The third-order valence-electron chi connectivity index (χ3n) is 3.17. The molecule has 114 valence electrons. The standard InChI is InChI=1S/C13H14ClF3N4/c1-7-12(14)11(21(2)20-7)5-9(18)10-4-3-8(6-19-10)13(15,16)17/h3-4,6,9H,5,18H2,1-2H3. The molecule has 1 unspecified atom stereocenters. The summed E-state index contributed by atoms with van der Waals surface area (Å²) < 4.78 is 39.0. The fourth-order valence-corrected chi connectivity index (χ4v) is 2.24. The molecule has 2 heterocycles. The molecule has 0 aliphatic heterocycles. The molecule has 0 aliphatic carbocycles. The molecule has 21 heavy (non-hydrogen) atoms. The minimum absolute atomic E-state index is 0.342. The van der Waals surface area contributed by atoms with Crippen LogP contribution in [-0.2, 0) is 19.6 Å². The first-order valence-corrected chi connectivity index (χ1v) is 6.54. The van der Waals surface area contributed by atoms with Crippen molar-refractivity contribution < 1.29 is 13.2 Å². The summed E-state index contributed by atoms with van der Waals surface area (Å²) in [6.07, 6.45) is -3.28. The van der Waals surface area contributed by atoms with Gasteiger partial charge < -0.3 is 5.73 Å². The number of nitrogens with zero attached hydrogens (tertiary/aromatic N) is 3. The third kappa shape index (κ3) is 3.36. The Kier molecular flexibility index (Phi) is 4.25. The normalized spacial score (nSPS) is 13.5. The van der Waals surface area contributed by atoms with Gasteiger partial charge in [0.05, 0.1) is 33.7 Å². The first-order valence-electron chi connectivity index (χ1n) is 6.17. The van der Waals surface area contributed by atoms with Gasteiger partial charge in [0.1, 0.15) is 0 Å². The number of aromatic nitrogens is 3. The van der Waals surface area contributed by atoms with Crippen molar-refractivity contribution in [3.8, 4) is 0 Å². The van der Waals surface area contributed by atoms with Gasteiger partial charge in [-0.05, 0) is 19.1 Å². The van der Waals surface area contributed by atoms with Crippen molar-refractivity contribution in [1.29, 1.82) is 0 Å². The highest BCUT2D eigenvalue weighted by molar-refractivity contribution is 6.31. The van der Waals surface area contributed by atoms with Crippen molar-refractivity contribution >= 4 is 11.6 Å². The molecule has 0 spiro atoms. The van der Waals surface area contributed by atoms with Crippen LogP contribution < -0.4 is 5.73 Å². The Balaban J connectivity index is 2.19. The molecule has 8 heteroatoms. The average Bonchev–Trinajstić information content (AvgIpc) is 2.64. The lowest BCUT2D eigenvalue weighted by Gasteiger charge is -2.13. The lowest BCUT2D eigenvalue weighted by molar-refractivity contribution is -0.137. The van der Waals surface area contributed by atoms with E-state index in [2.05, 4.69) is 10.1 Å². The SMILES string of the molecule is Cc1nn(C)c(CC(N)c2ccc(C(F)(F)F)cn2)c1Cl. The molecule has 0 fully saturated rings. The Morgan fingerprint density at radius 1 is 1.38 bits per heavy atom. The molecule has 0 aromatic carbocycles. The fourth-order valence-electron chi connectivity index (χ4n) is 2.01. The number of hydrogen-bond acceptors (Lipinski definition) is 3. The Morgan fingerprint density at radius 2 is 2.05 bits per heavy atom. The molecular weight excluding hydrogens is 305 g/mol. The number of pyridine rings is 1. The summed E-state index contributed by atoms with van der Waals surface area (Å²) in [4.78, 5) is 3.79. The molecule has 0 aliphatic rings. The van der Waals surface area contributed by atoms with Gasteiger partial charge >= 0.3 is 6.18 Å². The van der Waals surface area contributed by atoms with Gasteiger partial charge in [-0.3, -0.25) is 9.67 Å². The van der Waals surface area contributed by atoms with E-state index in [9.17, 15) is 13.2 Å². The lowest BCUT2D eigenvalue weighted by Crippen LogP contribution is -2.17. The van der Waals surface area contributed by atoms with Crippen LogP contribution in [0.4, 0.5) is 13.2 Å². The zero-order valence-corrected chi connectivity index (χ0v) is 12.2. The highest BCUT2D eigenvalue weighted by Crippen LogP contribution is 2.29. The molecule has 0 saturated carbocycles. The first kappa shape index (κ1) is 15.8. The topological polar surface area (TPSA) is 56.7 Å². The van der Waals surface area contributed by atoms with Crippen LogP contribution in [0, 0.1) is 6.92 Å². The van der Waals surface area contributed by atoms with E-state index in [-0.39, 0.29) is 0 Å². The average molecular weight is 319 g/mol. The van der Waals surface area contributed by atoms with Crippen LogP contribution in [-0.4, -0.2) is 14.8 Å². The zero-order valence-electron chi connectivity index (χ0n) is 11.4. The lowest BCUT2D eigenvalue weighted by atomic mass is 10.1. The van der Waals surface area contributed by atoms with Crippen molar-refractivity contribution in [1.82, 2.24) is 14.8 Å². The molecule has 0 radical (unpaired) electrons. The van der Waals surface area contributed by atoms with E-state index in [0.717, 1.165) is 18.0 Å². The van der Waals surface area contributed by atoms with Crippen molar-refractivity contribution in [3.63, 3.8) is 0 Å². The second-order valence-corrected chi connectivity index (χ2v) is 5.13. The summed E-state index contributed by atoms with van der Waals surface area (Å²) in [6, 6.07) is 1.70. The summed E-state index contributed by atoms with van der Waals surface area (Å²) >= 11 is 6.12. The van der Waals surface area contributed by atoms with Crippen LogP contribution in [0.25, 0.3) is 0 Å². The number of aryl methyl sites for hydroxylation is 2. The molecule has 1 atom stereocenters. The smallest absolute Gasteiger partial charge is 0.322 e. The molecule has 2 aromatic rings. The fraction of sp³-hybridized carbons (Fsp3) is 0.385. The number of rotatable bonds is 3. The van der Waals surface area contributed by atoms with Gasteiger partial charge in [0.2, 0.25) is 0 Å². The highest BCUT2D eigenvalue weighted by Gasteiger charge is 2.31. The summed E-state index contributed by atoms with van der Waals surface area (Å²) in [5.74, 6) is 0. The van der Waals surface area contributed by atoms with E-state index in [1.807, 2.05) is 0 Å². The quantitative estimate of drug-likeness (QED) is 0.946. The van der Waals surface area contributed by atoms with E-state index in [1.54, 1.807) is 18.7 Å². The van der Waals surface area contributed by atoms with Crippen LogP contribution >= 0.6 is 11.6 Å². The van der Waals surface area contributed by atoms with Gasteiger partial charge in [0.25, 0.3) is 0 Å². The van der Waals surface area contributed by atoms with Gasteiger partial charge in [-0.1, -0.05) is 11.6 Å². The summed E-state index contributed by atoms with van der Waals surface area (Å²) in [7, 11) is 1.74. The van der Waals surface area contributed by atoms with E-state index < -0.39 is 17.8 Å². The molecular formula is C13H14ClF3N4. The molecule has 2 N–H and O–H groups in total. The third-order valence-corrected chi connectivity index (χ3v) is 3.66. The van der Waals surface area contributed by atoms with E-state index >= 15 is 0 Å². The predicted octanol–water partition coefficient (Wildman–Crippen LogP) is 3.04. The summed E-state index contributed by atoms with van der Waals surface area (Å²) in [5, 5.41) is 4.68. The van der Waals surface area contributed by atoms with Crippen LogP contribution in [0.3, 0.4) is 0 Å². The van der Waals surface area contributed by atoms with Gasteiger partial charge in [-0.2, -0.15) is 18.3 Å². The predicted molar refractivity (Wildman–Crippen MR) is 72.8 cm³/mol. The van der Waals surface area contributed by atoms with Crippen LogP contribution in [0.2, 0.25) is 5.02 Å².